The molecule has 1 aromatic heterocycles. The number of nitrogens with one attached hydrogen (secondary N) is 1. The predicted octanol–water partition coefficient (Wildman–Crippen LogP) is 8.68. The summed E-state index contributed by atoms with van der Waals surface area (Å²) in [5.41, 5.74) is 2.25. The molecular formula is C49H71N3O7. The average Bonchev–Trinajstić information content (AvgIpc) is 3.48. The van der Waals surface area contributed by atoms with Crippen molar-refractivity contribution in [2.24, 2.45) is 68.0 Å². The number of ether oxygens (including phenoxy) is 2. The molecule has 1 saturated heterocycles. The van der Waals surface area contributed by atoms with Gasteiger partial charge in [0.2, 0.25) is 0 Å². The molecule has 10 heteroatoms. The van der Waals surface area contributed by atoms with Crippen molar-refractivity contribution in [3.63, 3.8) is 0 Å². The molecule has 6 aliphatic carbocycles. The van der Waals surface area contributed by atoms with E-state index in [0.717, 1.165) is 63.4 Å². The van der Waals surface area contributed by atoms with Crippen LogP contribution in [0.25, 0.3) is 0 Å². The topological polar surface area (TPSA) is 135 Å². The Kier molecular flexibility index (Phi) is 10.6. The highest BCUT2D eigenvalue weighted by molar-refractivity contribution is 6.01. The van der Waals surface area contributed by atoms with E-state index in [-0.39, 0.29) is 56.9 Å². The van der Waals surface area contributed by atoms with Crippen LogP contribution in [0, 0.1) is 68.0 Å². The summed E-state index contributed by atoms with van der Waals surface area (Å²) in [6.07, 6.45) is 11.5. The summed E-state index contributed by atoms with van der Waals surface area (Å²) in [5, 5.41) is 13.0. The highest BCUT2D eigenvalue weighted by Gasteiger charge is 2.70. The number of fused-ring (bicyclic) bond motifs is 7. The third-order valence-electron chi connectivity index (χ3n) is 18.9. The van der Waals surface area contributed by atoms with Gasteiger partial charge in [-0.25, -0.2) is 4.98 Å². The predicted molar refractivity (Wildman–Crippen MR) is 227 cm³/mol. The number of hydrogen-bond acceptors (Lipinski definition) is 8. The molecule has 8 rings (SSSR count). The summed E-state index contributed by atoms with van der Waals surface area (Å²) in [4.78, 5) is 60.2. The molecule has 6 fully saturated rings. The van der Waals surface area contributed by atoms with Gasteiger partial charge in [0.05, 0.1) is 30.6 Å². The van der Waals surface area contributed by atoms with E-state index in [1.165, 1.54) is 5.57 Å². The van der Waals surface area contributed by atoms with Crippen LogP contribution in [-0.4, -0.2) is 72.7 Å². The van der Waals surface area contributed by atoms with Gasteiger partial charge in [0.25, 0.3) is 5.91 Å². The van der Waals surface area contributed by atoms with Crippen LogP contribution in [0.1, 0.15) is 143 Å². The first kappa shape index (κ1) is 42.4. The number of Topliss-reactive ketones (excluding diaryl/α,β-unsaturated/α-hetero) is 1. The number of carboxylic acid groups (broad SMARTS) is 1. The maximum Gasteiger partial charge on any atom is 0.309 e. The van der Waals surface area contributed by atoms with Crippen molar-refractivity contribution in [1.82, 2.24) is 10.3 Å². The summed E-state index contributed by atoms with van der Waals surface area (Å²) in [6, 6.07) is 3.69. The molecule has 0 spiro atoms. The molecule has 0 bridgehead atoms. The highest BCUT2D eigenvalue weighted by atomic mass is 16.5. The number of aromatic nitrogens is 1. The second kappa shape index (κ2) is 14.7. The molecule has 59 heavy (non-hydrogen) atoms. The van der Waals surface area contributed by atoms with Crippen LogP contribution in [0.5, 0.6) is 0 Å². The first-order valence-corrected chi connectivity index (χ1v) is 23.0. The molecule has 1 aromatic rings. The van der Waals surface area contributed by atoms with Crippen LogP contribution in [-0.2, 0) is 23.9 Å². The number of anilines is 1. The smallest absolute Gasteiger partial charge is 0.309 e. The van der Waals surface area contributed by atoms with Gasteiger partial charge in [-0.1, -0.05) is 67.9 Å². The lowest BCUT2D eigenvalue weighted by atomic mass is 9.33. The fourth-order valence-corrected chi connectivity index (χ4v) is 15.3. The van der Waals surface area contributed by atoms with Crippen LogP contribution in [0.2, 0.25) is 0 Å². The van der Waals surface area contributed by atoms with Crippen LogP contribution in [0.4, 0.5) is 5.82 Å². The molecule has 0 aromatic carbocycles. The van der Waals surface area contributed by atoms with Crippen LogP contribution in [0.15, 0.2) is 29.5 Å². The Morgan fingerprint density at radius 3 is 2.32 bits per heavy atom. The zero-order valence-electron chi connectivity index (χ0n) is 37.4. The molecule has 2 heterocycles. The van der Waals surface area contributed by atoms with E-state index in [4.69, 9.17) is 9.47 Å². The number of carboxylic acids is 1. The maximum absolute atomic E-state index is 14.2. The molecule has 0 radical (unpaired) electrons. The monoisotopic (exact) mass is 814 g/mol. The highest BCUT2D eigenvalue weighted by Crippen LogP contribution is 2.77. The van der Waals surface area contributed by atoms with Crippen molar-refractivity contribution in [1.29, 1.82) is 0 Å². The molecule has 10 nitrogen and oxygen atoms in total. The van der Waals surface area contributed by atoms with Crippen LogP contribution in [0.3, 0.4) is 0 Å². The molecule has 5 saturated carbocycles. The number of ketones is 1. The SMILES string of the molecule is CC(C)C1=C2[C@H]3CC[C@@H]4[C@@]5(C)CC[C@H](OC(=O)[C@H]6C[C@@H](C(=O)O)C6(C)C)C(C)(C)[C@@H]5CC[C@@]4(C)[C@]3(C)CC[C@@]2(CCNC(=O)c2cccnc2N2CCOCC2)CC1=O. The molecule has 10 atom stereocenters. The summed E-state index contributed by atoms with van der Waals surface area (Å²) >= 11 is 0. The number of amides is 1. The summed E-state index contributed by atoms with van der Waals surface area (Å²) < 4.78 is 12.0. The minimum atomic E-state index is -0.829. The molecule has 7 aliphatic rings. The van der Waals surface area contributed by atoms with E-state index in [1.807, 2.05) is 26.0 Å². The number of morpholine rings is 1. The van der Waals surface area contributed by atoms with Crippen molar-refractivity contribution in [3.05, 3.63) is 35.0 Å². The van der Waals surface area contributed by atoms with Gasteiger partial charge in [-0.3, -0.25) is 19.2 Å². The van der Waals surface area contributed by atoms with Gasteiger partial charge in [0.15, 0.2) is 5.78 Å². The van der Waals surface area contributed by atoms with Gasteiger partial charge >= 0.3 is 11.9 Å². The van der Waals surface area contributed by atoms with Crippen molar-refractivity contribution in [2.45, 2.75) is 139 Å². The number of nitrogens with zero attached hydrogens (tertiary/aromatic N) is 2. The van der Waals surface area contributed by atoms with Crippen molar-refractivity contribution >= 4 is 29.4 Å². The number of carbonyl (C=O) groups is 4. The second-order valence-corrected chi connectivity index (χ2v) is 22.2. The Bertz CT molecular complexity index is 1910. The van der Waals surface area contributed by atoms with Gasteiger partial charge in [-0.05, 0) is 127 Å². The summed E-state index contributed by atoms with van der Waals surface area (Å²) in [6.45, 7) is 23.7. The van der Waals surface area contributed by atoms with E-state index in [2.05, 4.69) is 63.7 Å². The van der Waals surface area contributed by atoms with E-state index < -0.39 is 17.3 Å². The second-order valence-electron chi connectivity index (χ2n) is 22.2. The first-order chi connectivity index (χ1) is 27.7. The van der Waals surface area contributed by atoms with Crippen LogP contribution < -0.4 is 10.2 Å². The lowest BCUT2D eigenvalue weighted by Gasteiger charge is -2.72. The number of esters is 1. The van der Waals surface area contributed by atoms with Gasteiger partial charge in [0.1, 0.15) is 11.9 Å². The molecule has 1 amide bonds. The molecule has 1 aliphatic heterocycles. The number of allylic oxidation sites excluding steroid dienone is 2. The lowest BCUT2D eigenvalue weighted by Crippen LogP contribution is -2.66. The van der Waals surface area contributed by atoms with Crippen molar-refractivity contribution < 1.29 is 33.8 Å². The molecule has 324 valence electrons. The quantitative estimate of drug-likeness (QED) is 0.235. The minimum Gasteiger partial charge on any atom is -0.481 e. The third-order valence-corrected chi connectivity index (χ3v) is 18.9. The number of hydrogen-bond donors (Lipinski definition) is 2. The number of aliphatic carboxylic acids is 1. The standard InChI is InChI=1S/C49H71N3O7/c1-29(2)38-34(53)28-49(20-22-51-41(54)30-11-10-21-50-40(30)52-23-25-58-26-24-52)19-18-47(8)31(39(38)49)12-13-36-46(7)16-15-37(45(5,6)35(46)14-17-48(36,47)9)59-43(57)33-27-32(42(55)56)44(33,3)4/h10-11,21,29,31-33,35-37H,12-20,22-28H2,1-9H3,(H,51,54)(H,55,56)/t31-,32+,33-,35+,36-,37+,46+,47-,48-,49-/m1/s1. The Morgan fingerprint density at radius 1 is 0.915 bits per heavy atom. The summed E-state index contributed by atoms with van der Waals surface area (Å²) in [5.74, 6) is 0.362. The van der Waals surface area contributed by atoms with Gasteiger partial charge in [0, 0.05) is 43.1 Å². The summed E-state index contributed by atoms with van der Waals surface area (Å²) in [7, 11) is 0. The number of rotatable bonds is 9. The molecular weight excluding hydrogens is 743 g/mol. The molecule has 0 unspecified atom stereocenters. The zero-order chi connectivity index (χ0) is 42.5. The number of carbonyl (C=O) groups excluding carboxylic acids is 3. The lowest BCUT2D eigenvalue weighted by molar-refractivity contribution is -0.236. The Hall–Kier alpha value is -3.27. The fourth-order valence-electron chi connectivity index (χ4n) is 15.3. The van der Waals surface area contributed by atoms with Gasteiger partial charge < -0.3 is 24.8 Å². The van der Waals surface area contributed by atoms with Crippen molar-refractivity contribution in [3.8, 4) is 0 Å². The van der Waals surface area contributed by atoms with Crippen LogP contribution >= 0.6 is 0 Å². The Balaban J connectivity index is 1.01. The Labute approximate surface area is 352 Å². The average molecular weight is 814 g/mol. The third kappa shape index (κ3) is 6.36. The normalized spacial score (nSPS) is 39.6. The largest absolute Gasteiger partial charge is 0.481 e. The molecule has 2 N–H and O–H groups in total. The van der Waals surface area contributed by atoms with E-state index >= 15 is 0 Å². The first-order valence-electron chi connectivity index (χ1n) is 23.0. The number of pyridine rings is 1. The van der Waals surface area contributed by atoms with E-state index in [9.17, 15) is 24.3 Å². The van der Waals surface area contributed by atoms with E-state index in [0.29, 0.717) is 80.6 Å². The minimum absolute atomic E-state index is 0.0312. The van der Waals surface area contributed by atoms with E-state index in [1.54, 1.807) is 6.20 Å². The van der Waals surface area contributed by atoms with Crippen molar-refractivity contribution in [2.75, 3.05) is 37.7 Å². The zero-order valence-corrected chi connectivity index (χ0v) is 37.4. The van der Waals surface area contributed by atoms with Gasteiger partial charge in [-0.2, -0.15) is 0 Å². The fraction of sp³-hybridized carbons (Fsp3) is 0.776. The maximum atomic E-state index is 14.2. The van der Waals surface area contributed by atoms with Gasteiger partial charge in [-0.15, -0.1) is 0 Å². The Morgan fingerprint density at radius 2 is 1.64 bits per heavy atom.